The lowest BCUT2D eigenvalue weighted by molar-refractivity contribution is -0.127. The van der Waals surface area contributed by atoms with Gasteiger partial charge in [0.05, 0.1) is 23.2 Å². The molecule has 0 saturated carbocycles. The van der Waals surface area contributed by atoms with Crippen LogP contribution in [0.5, 0.6) is 0 Å². The van der Waals surface area contributed by atoms with Crippen LogP contribution in [0.15, 0.2) is 78.9 Å². The summed E-state index contributed by atoms with van der Waals surface area (Å²) in [5.74, 6) is -0.542. The Labute approximate surface area is 204 Å². The maximum atomic E-state index is 12.9. The van der Waals surface area contributed by atoms with E-state index in [-0.39, 0.29) is 18.4 Å². The molecule has 2 N–H and O–H groups in total. The van der Waals surface area contributed by atoms with E-state index in [1.54, 1.807) is 38.4 Å². The van der Waals surface area contributed by atoms with Crippen LogP contribution < -0.4 is 14.9 Å². The number of nitrogens with zero attached hydrogens (tertiary/aromatic N) is 2. The van der Waals surface area contributed by atoms with Gasteiger partial charge in [-0.1, -0.05) is 48.5 Å². The summed E-state index contributed by atoms with van der Waals surface area (Å²) in [6.45, 7) is -0.297. The highest BCUT2D eigenvalue weighted by Crippen LogP contribution is 2.37. The summed E-state index contributed by atoms with van der Waals surface area (Å²) < 4.78 is 25.8. The predicted molar refractivity (Wildman–Crippen MR) is 139 cm³/mol. The summed E-state index contributed by atoms with van der Waals surface area (Å²) >= 11 is 0. The number of hydrogen-bond acceptors (Lipinski definition) is 5. The van der Waals surface area contributed by atoms with Crippen LogP contribution in [-0.4, -0.2) is 52.0 Å². The topological polar surface area (TPSA) is 98.8 Å². The van der Waals surface area contributed by atoms with Crippen LogP contribution in [0.4, 0.5) is 17.1 Å². The number of anilines is 3. The highest BCUT2D eigenvalue weighted by atomic mass is 32.2. The first kappa shape index (κ1) is 24.0. The van der Waals surface area contributed by atoms with Crippen molar-refractivity contribution >= 4 is 50.2 Å². The number of para-hydroxylation sites is 1. The quantitative estimate of drug-likeness (QED) is 0.494. The first-order valence-electron chi connectivity index (χ1n) is 10.9. The number of likely N-dealkylation sites (N-methyl/N-ethyl adjacent to an activating group) is 1. The number of carbonyl (C=O) groups is 2. The van der Waals surface area contributed by atoms with Crippen molar-refractivity contribution in [1.82, 2.24) is 4.90 Å². The maximum absolute atomic E-state index is 12.9. The van der Waals surface area contributed by atoms with Crippen molar-refractivity contribution < 1.29 is 18.0 Å². The summed E-state index contributed by atoms with van der Waals surface area (Å²) in [5, 5.41) is 6.25. The monoisotopic (exact) mass is 490 g/mol. The van der Waals surface area contributed by atoms with E-state index in [0.29, 0.717) is 22.6 Å². The Hall–Kier alpha value is -4.11. The van der Waals surface area contributed by atoms with Crippen LogP contribution in [0.3, 0.4) is 0 Å². The Morgan fingerprint density at radius 2 is 1.54 bits per heavy atom. The summed E-state index contributed by atoms with van der Waals surface area (Å²) in [4.78, 5) is 26.5. The molecular formula is C26H26N4O4S. The van der Waals surface area contributed by atoms with E-state index in [0.717, 1.165) is 27.4 Å². The van der Waals surface area contributed by atoms with Gasteiger partial charge < -0.3 is 15.5 Å². The minimum atomic E-state index is -3.68. The molecule has 3 aromatic carbocycles. The van der Waals surface area contributed by atoms with E-state index in [2.05, 4.69) is 10.6 Å². The maximum Gasteiger partial charge on any atom is 0.258 e. The molecule has 0 spiro atoms. The fourth-order valence-electron chi connectivity index (χ4n) is 3.77. The van der Waals surface area contributed by atoms with Gasteiger partial charge in [0, 0.05) is 31.0 Å². The zero-order valence-corrected chi connectivity index (χ0v) is 20.5. The number of benzene rings is 3. The number of fused-ring (bicyclic) bond motifs is 1. The summed E-state index contributed by atoms with van der Waals surface area (Å²) in [6.07, 6.45) is 1.07. The van der Waals surface area contributed by atoms with Crippen molar-refractivity contribution in [2.24, 2.45) is 0 Å². The fraction of sp³-hybridized carbons (Fsp3) is 0.154. The van der Waals surface area contributed by atoms with Gasteiger partial charge >= 0.3 is 0 Å². The van der Waals surface area contributed by atoms with Gasteiger partial charge in [-0.2, -0.15) is 0 Å². The zero-order valence-electron chi connectivity index (χ0n) is 19.6. The largest absolute Gasteiger partial charge is 0.354 e. The average Bonchev–Trinajstić information content (AvgIpc) is 3.16. The van der Waals surface area contributed by atoms with Gasteiger partial charge in [-0.15, -0.1) is 0 Å². The molecular weight excluding hydrogens is 464 g/mol. The molecule has 0 unspecified atom stereocenters. The SMILES string of the molecule is CN(C)C(=O)CN(c1ccc(NC(=C2C(=O)Nc3ccccc32)c2ccccc2)cc1)S(C)(=O)=O. The molecule has 9 heteroatoms. The number of hydrogen-bond donors (Lipinski definition) is 2. The molecule has 8 nitrogen and oxygen atoms in total. The number of rotatable bonds is 7. The van der Waals surface area contributed by atoms with Gasteiger partial charge in [0.15, 0.2) is 0 Å². The van der Waals surface area contributed by atoms with Crippen molar-refractivity contribution in [3.05, 3.63) is 90.0 Å². The van der Waals surface area contributed by atoms with Gasteiger partial charge in [0.25, 0.3) is 5.91 Å². The Kier molecular flexibility index (Phi) is 6.61. The first-order chi connectivity index (χ1) is 16.6. The number of carbonyl (C=O) groups excluding carboxylic acids is 2. The molecule has 0 fully saturated rings. The lowest BCUT2D eigenvalue weighted by Crippen LogP contribution is -2.39. The number of amides is 2. The highest BCUT2D eigenvalue weighted by Gasteiger charge is 2.28. The normalized spacial score (nSPS) is 14.1. The smallest absolute Gasteiger partial charge is 0.258 e. The lowest BCUT2D eigenvalue weighted by Gasteiger charge is -2.24. The molecule has 4 rings (SSSR count). The molecule has 1 aliphatic rings. The lowest BCUT2D eigenvalue weighted by atomic mass is 10.00. The molecule has 1 aliphatic heterocycles. The van der Waals surface area contributed by atoms with Crippen LogP contribution in [0.2, 0.25) is 0 Å². The molecule has 0 aromatic heterocycles. The van der Waals surface area contributed by atoms with Gasteiger partial charge in [0.1, 0.15) is 6.54 Å². The van der Waals surface area contributed by atoms with Crippen LogP contribution in [0.25, 0.3) is 11.3 Å². The fourth-order valence-corrected chi connectivity index (χ4v) is 4.62. The van der Waals surface area contributed by atoms with Crippen LogP contribution >= 0.6 is 0 Å². The molecule has 0 atom stereocenters. The Morgan fingerprint density at radius 1 is 0.914 bits per heavy atom. The second kappa shape index (κ2) is 9.63. The Bertz CT molecular complexity index is 1400. The third-order valence-corrected chi connectivity index (χ3v) is 6.73. The molecule has 0 radical (unpaired) electrons. The van der Waals surface area contributed by atoms with E-state index in [1.165, 1.54) is 4.90 Å². The predicted octanol–water partition coefficient (Wildman–Crippen LogP) is 3.47. The molecule has 2 amide bonds. The Balaban J connectivity index is 1.72. The van der Waals surface area contributed by atoms with Crippen molar-refractivity contribution in [3.63, 3.8) is 0 Å². The van der Waals surface area contributed by atoms with E-state index in [4.69, 9.17) is 0 Å². The average molecular weight is 491 g/mol. The summed E-state index contributed by atoms with van der Waals surface area (Å²) in [7, 11) is -0.526. The van der Waals surface area contributed by atoms with Gasteiger partial charge in [-0.3, -0.25) is 13.9 Å². The second-order valence-corrected chi connectivity index (χ2v) is 10.3. The Morgan fingerprint density at radius 3 is 2.17 bits per heavy atom. The third-order valence-electron chi connectivity index (χ3n) is 5.59. The van der Waals surface area contributed by atoms with Crippen molar-refractivity contribution in [2.75, 3.05) is 41.8 Å². The van der Waals surface area contributed by atoms with Gasteiger partial charge in [0.2, 0.25) is 15.9 Å². The standard InChI is InChI=1S/C26H26N4O4S/c1-29(2)23(31)17-30(35(3,33)34)20-15-13-19(14-16-20)27-25(18-9-5-4-6-10-18)24-21-11-7-8-12-22(21)28-26(24)32/h4-16,27H,17H2,1-3H3,(H,28,32). The third kappa shape index (κ3) is 5.20. The van der Waals surface area contributed by atoms with Crippen molar-refractivity contribution in [3.8, 4) is 0 Å². The van der Waals surface area contributed by atoms with Gasteiger partial charge in [-0.25, -0.2) is 8.42 Å². The second-order valence-electron chi connectivity index (χ2n) is 8.35. The number of nitrogens with one attached hydrogen (secondary N) is 2. The minimum Gasteiger partial charge on any atom is -0.354 e. The molecule has 0 saturated heterocycles. The van der Waals surface area contributed by atoms with Crippen molar-refractivity contribution in [1.29, 1.82) is 0 Å². The van der Waals surface area contributed by atoms with E-state index < -0.39 is 10.0 Å². The highest BCUT2D eigenvalue weighted by molar-refractivity contribution is 7.92. The minimum absolute atomic E-state index is 0.209. The van der Waals surface area contributed by atoms with E-state index in [9.17, 15) is 18.0 Å². The van der Waals surface area contributed by atoms with Crippen LogP contribution in [0.1, 0.15) is 11.1 Å². The molecule has 3 aromatic rings. The zero-order chi connectivity index (χ0) is 25.2. The molecule has 1 heterocycles. The summed E-state index contributed by atoms with van der Waals surface area (Å²) in [6, 6.07) is 23.7. The molecule has 0 aliphatic carbocycles. The molecule has 35 heavy (non-hydrogen) atoms. The van der Waals surface area contributed by atoms with E-state index >= 15 is 0 Å². The molecule has 0 bridgehead atoms. The van der Waals surface area contributed by atoms with Gasteiger partial charge in [-0.05, 0) is 35.9 Å². The first-order valence-corrected chi connectivity index (χ1v) is 12.8. The van der Waals surface area contributed by atoms with Crippen LogP contribution in [-0.2, 0) is 19.6 Å². The van der Waals surface area contributed by atoms with Crippen molar-refractivity contribution in [2.45, 2.75) is 0 Å². The number of sulfonamides is 1. The van der Waals surface area contributed by atoms with Crippen LogP contribution in [0, 0.1) is 0 Å². The molecule has 180 valence electrons. The van der Waals surface area contributed by atoms with E-state index in [1.807, 2.05) is 54.6 Å². The summed E-state index contributed by atoms with van der Waals surface area (Å²) in [5.41, 5.74) is 4.54.